The maximum atomic E-state index is 12.9. The molecule has 0 N–H and O–H groups in total. The van der Waals surface area contributed by atoms with Crippen molar-refractivity contribution in [3.05, 3.63) is 57.9 Å². The van der Waals surface area contributed by atoms with Gasteiger partial charge < -0.3 is 9.47 Å². The molecule has 4 rings (SSSR count). The summed E-state index contributed by atoms with van der Waals surface area (Å²) in [4.78, 5) is 27.2. The van der Waals surface area contributed by atoms with Crippen LogP contribution in [-0.2, 0) is 17.9 Å². The molecule has 3 heterocycles. The Kier molecular flexibility index (Phi) is 3.86. The maximum Gasteiger partial charge on any atom is 0.251 e. The third-order valence-corrected chi connectivity index (χ3v) is 5.07. The lowest BCUT2D eigenvalue weighted by molar-refractivity contribution is -0.133. The van der Waals surface area contributed by atoms with Crippen molar-refractivity contribution in [2.24, 2.45) is 0 Å². The smallest absolute Gasteiger partial charge is 0.251 e. The molecule has 1 atom stereocenters. The molecule has 1 amide bonds. The molecule has 0 spiro atoms. The van der Waals surface area contributed by atoms with Crippen LogP contribution in [0, 0.1) is 13.8 Å². The van der Waals surface area contributed by atoms with E-state index in [-0.39, 0.29) is 24.1 Å². The van der Waals surface area contributed by atoms with Gasteiger partial charge in [-0.15, -0.1) is 10.2 Å². The molecule has 3 aromatic rings. The highest BCUT2D eigenvalue weighted by molar-refractivity contribution is 5.84. The summed E-state index contributed by atoms with van der Waals surface area (Å²) in [5.74, 6) is 1.57. The number of nitrogens with zero attached hydrogens (tertiary/aromatic N) is 5. The van der Waals surface area contributed by atoms with Crippen LogP contribution < -0.4 is 5.56 Å². The van der Waals surface area contributed by atoms with Crippen LogP contribution in [0.15, 0.2) is 35.1 Å². The first-order valence-corrected chi connectivity index (χ1v) is 8.73. The van der Waals surface area contributed by atoms with E-state index < -0.39 is 0 Å². The molecule has 0 fully saturated rings. The standard InChI is InChI=1S/C19H21N5O2/c1-12-8-18(25)23(16-7-5-4-6-15(12)16)11-19(26)22-9-13(2)24-14(3)20-21-17(24)10-22/h4-8,13H,9-11H2,1-3H3/t13-/m0/s1. The molecule has 0 aliphatic carbocycles. The first-order valence-electron chi connectivity index (χ1n) is 8.73. The molecule has 2 aromatic heterocycles. The lowest BCUT2D eigenvalue weighted by Gasteiger charge is -2.32. The Bertz CT molecular complexity index is 1070. The van der Waals surface area contributed by atoms with E-state index in [0.717, 1.165) is 28.1 Å². The first kappa shape index (κ1) is 16.5. The number of para-hydroxylation sites is 1. The zero-order valence-corrected chi connectivity index (χ0v) is 15.1. The van der Waals surface area contributed by atoms with Gasteiger partial charge in [-0.25, -0.2) is 0 Å². The topological polar surface area (TPSA) is 73.0 Å². The molecule has 26 heavy (non-hydrogen) atoms. The van der Waals surface area contributed by atoms with Crippen LogP contribution in [0.25, 0.3) is 10.9 Å². The highest BCUT2D eigenvalue weighted by Gasteiger charge is 2.28. The monoisotopic (exact) mass is 351 g/mol. The summed E-state index contributed by atoms with van der Waals surface area (Å²) >= 11 is 0. The molecular weight excluding hydrogens is 330 g/mol. The molecule has 0 saturated heterocycles. The number of rotatable bonds is 2. The van der Waals surface area contributed by atoms with Gasteiger partial charge in [0, 0.05) is 18.0 Å². The summed E-state index contributed by atoms with van der Waals surface area (Å²) in [7, 11) is 0. The molecule has 1 aliphatic rings. The van der Waals surface area contributed by atoms with Crippen molar-refractivity contribution in [2.75, 3.05) is 6.54 Å². The van der Waals surface area contributed by atoms with Gasteiger partial charge in [0.05, 0.1) is 18.1 Å². The summed E-state index contributed by atoms with van der Waals surface area (Å²) in [6, 6.07) is 9.39. The van der Waals surface area contributed by atoms with Crippen LogP contribution in [0.5, 0.6) is 0 Å². The number of amides is 1. The van der Waals surface area contributed by atoms with Crippen LogP contribution in [0.4, 0.5) is 0 Å². The molecule has 0 unspecified atom stereocenters. The van der Waals surface area contributed by atoms with Gasteiger partial charge in [0.2, 0.25) is 5.91 Å². The molecular formula is C19H21N5O2. The Hall–Kier alpha value is -2.96. The van der Waals surface area contributed by atoms with Crippen molar-refractivity contribution in [3.8, 4) is 0 Å². The average molecular weight is 351 g/mol. The van der Waals surface area contributed by atoms with Crippen LogP contribution in [0.1, 0.15) is 30.2 Å². The largest absolute Gasteiger partial charge is 0.332 e. The zero-order valence-electron chi connectivity index (χ0n) is 15.1. The van der Waals surface area contributed by atoms with E-state index in [4.69, 9.17) is 0 Å². The molecule has 1 aromatic carbocycles. The van der Waals surface area contributed by atoms with E-state index >= 15 is 0 Å². The van der Waals surface area contributed by atoms with Crippen LogP contribution >= 0.6 is 0 Å². The van der Waals surface area contributed by atoms with E-state index in [2.05, 4.69) is 14.8 Å². The number of hydrogen-bond donors (Lipinski definition) is 0. The van der Waals surface area contributed by atoms with E-state index in [1.54, 1.807) is 15.5 Å². The number of benzene rings is 1. The first-order chi connectivity index (χ1) is 12.5. The third kappa shape index (κ3) is 2.60. The summed E-state index contributed by atoms with van der Waals surface area (Å²) in [5.41, 5.74) is 1.55. The van der Waals surface area contributed by atoms with Gasteiger partial charge in [-0.2, -0.15) is 0 Å². The second kappa shape index (κ2) is 6.09. The second-order valence-electron chi connectivity index (χ2n) is 6.93. The van der Waals surface area contributed by atoms with Crippen molar-refractivity contribution in [1.82, 2.24) is 24.2 Å². The lowest BCUT2D eigenvalue weighted by atomic mass is 10.1. The summed E-state index contributed by atoms with van der Waals surface area (Å²) in [6.45, 7) is 6.91. The molecule has 7 heteroatoms. The van der Waals surface area contributed by atoms with Gasteiger partial charge in [-0.3, -0.25) is 14.2 Å². The number of pyridine rings is 1. The Balaban J connectivity index is 1.66. The minimum Gasteiger partial charge on any atom is -0.332 e. The molecule has 7 nitrogen and oxygen atoms in total. The minimum absolute atomic E-state index is 0.0272. The Morgan fingerprint density at radius 3 is 2.81 bits per heavy atom. The second-order valence-corrected chi connectivity index (χ2v) is 6.93. The van der Waals surface area contributed by atoms with E-state index in [1.165, 1.54) is 0 Å². The number of aryl methyl sites for hydroxylation is 2. The Labute approximate surface area is 150 Å². The normalized spacial score (nSPS) is 16.7. The summed E-state index contributed by atoms with van der Waals surface area (Å²) < 4.78 is 3.62. The highest BCUT2D eigenvalue weighted by atomic mass is 16.2. The fourth-order valence-corrected chi connectivity index (χ4v) is 3.82. The van der Waals surface area contributed by atoms with Crippen molar-refractivity contribution >= 4 is 16.8 Å². The number of aromatic nitrogens is 4. The number of hydrogen-bond acceptors (Lipinski definition) is 4. The average Bonchev–Trinajstić information content (AvgIpc) is 3.00. The Morgan fingerprint density at radius 1 is 1.23 bits per heavy atom. The van der Waals surface area contributed by atoms with E-state index in [9.17, 15) is 9.59 Å². The minimum atomic E-state index is -0.154. The van der Waals surface area contributed by atoms with Crippen molar-refractivity contribution in [1.29, 1.82) is 0 Å². The molecule has 0 bridgehead atoms. The predicted molar refractivity (Wildman–Crippen MR) is 97.8 cm³/mol. The number of carbonyl (C=O) groups excluding carboxylic acids is 1. The number of carbonyl (C=O) groups is 1. The van der Waals surface area contributed by atoms with Crippen LogP contribution in [0.2, 0.25) is 0 Å². The Morgan fingerprint density at radius 2 is 2.00 bits per heavy atom. The quantitative estimate of drug-likeness (QED) is 0.706. The van der Waals surface area contributed by atoms with Gasteiger partial charge in [0.25, 0.3) is 5.56 Å². The molecule has 1 aliphatic heterocycles. The summed E-state index contributed by atoms with van der Waals surface area (Å²) in [6.07, 6.45) is 0. The van der Waals surface area contributed by atoms with Crippen molar-refractivity contribution in [2.45, 2.75) is 39.9 Å². The van der Waals surface area contributed by atoms with Crippen LogP contribution in [-0.4, -0.2) is 36.7 Å². The molecule has 134 valence electrons. The third-order valence-electron chi connectivity index (χ3n) is 5.07. The predicted octanol–water partition coefficient (Wildman–Crippen LogP) is 1.81. The van der Waals surface area contributed by atoms with E-state index in [0.29, 0.717) is 13.1 Å². The fourth-order valence-electron chi connectivity index (χ4n) is 3.82. The van der Waals surface area contributed by atoms with Crippen molar-refractivity contribution < 1.29 is 4.79 Å². The van der Waals surface area contributed by atoms with Gasteiger partial charge in [0.1, 0.15) is 12.4 Å². The fraction of sp³-hybridized carbons (Fsp3) is 0.368. The molecule has 0 saturated carbocycles. The highest BCUT2D eigenvalue weighted by Crippen LogP contribution is 2.22. The maximum absolute atomic E-state index is 12.9. The van der Waals surface area contributed by atoms with Gasteiger partial charge >= 0.3 is 0 Å². The van der Waals surface area contributed by atoms with Gasteiger partial charge in [-0.05, 0) is 32.4 Å². The van der Waals surface area contributed by atoms with E-state index in [1.807, 2.05) is 45.0 Å². The van der Waals surface area contributed by atoms with Crippen molar-refractivity contribution in [3.63, 3.8) is 0 Å². The number of fused-ring (bicyclic) bond motifs is 2. The lowest BCUT2D eigenvalue weighted by Crippen LogP contribution is -2.43. The zero-order chi connectivity index (χ0) is 18.4. The SMILES string of the molecule is Cc1cc(=O)n(CC(=O)N2Cc3nnc(C)n3[C@@H](C)C2)c2ccccc12. The van der Waals surface area contributed by atoms with Crippen LogP contribution in [0.3, 0.4) is 0 Å². The molecule has 0 radical (unpaired) electrons. The van der Waals surface area contributed by atoms with Gasteiger partial charge in [-0.1, -0.05) is 18.2 Å². The van der Waals surface area contributed by atoms with Gasteiger partial charge in [0.15, 0.2) is 5.82 Å². The summed E-state index contributed by atoms with van der Waals surface area (Å²) in [5, 5.41) is 9.28.